The summed E-state index contributed by atoms with van der Waals surface area (Å²) in [4.78, 5) is 12.4. The van der Waals surface area contributed by atoms with Crippen molar-refractivity contribution in [1.29, 1.82) is 5.26 Å². The summed E-state index contributed by atoms with van der Waals surface area (Å²) in [5, 5.41) is 9.78. The number of hydrogen-bond acceptors (Lipinski definition) is 2. The minimum Gasteiger partial charge on any atom is -0.292 e. The van der Waals surface area contributed by atoms with Crippen LogP contribution in [0.25, 0.3) is 0 Å². The third-order valence-corrected chi connectivity index (χ3v) is 3.11. The summed E-state index contributed by atoms with van der Waals surface area (Å²) in [6, 6.07) is 16.2. The molecule has 94 valence electrons. The number of aryl methyl sites for hydroxylation is 1. The van der Waals surface area contributed by atoms with Crippen LogP contribution in [0.4, 0.5) is 0 Å². The molecule has 0 N–H and O–H groups in total. The van der Waals surface area contributed by atoms with Crippen molar-refractivity contribution in [3.8, 4) is 6.07 Å². The number of benzene rings is 2. The number of carbonyl (C=O) groups is 1. The molecule has 2 rings (SSSR count). The molecule has 19 heavy (non-hydrogen) atoms. The SMILES string of the molecule is Cc1cccc(C(=O)C(C#N)c2cccc(Cl)c2)c1. The van der Waals surface area contributed by atoms with E-state index in [9.17, 15) is 10.1 Å². The lowest BCUT2D eigenvalue weighted by Gasteiger charge is -2.09. The van der Waals surface area contributed by atoms with E-state index in [4.69, 9.17) is 11.6 Å². The largest absolute Gasteiger partial charge is 0.292 e. The number of ketones is 1. The number of rotatable bonds is 3. The van der Waals surface area contributed by atoms with Gasteiger partial charge in [-0.25, -0.2) is 0 Å². The molecule has 1 unspecified atom stereocenters. The van der Waals surface area contributed by atoms with Gasteiger partial charge >= 0.3 is 0 Å². The van der Waals surface area contributed by atoms with Crippen LogP contribution in [0, 0.1) is 18.3 Å². The highest BCUT2D eigenvalue weighted by atomic mass is 35.5. The van der Waals surface area contributed by atoms with Gasteiger partial charge in [-0.3, -0.25) is 4.79 Å². The molecule has 0 heterocycles. The number of nitrogens with zero attached hydrogens (tertiary/aromatic N) is 1. The van der Waals surface area contributed by atoms with Gasteiger partial charge in [0, 0.05) is 10.6 Å². The number of Topliss-reactive ketones (excluding diaryl/α,β-unsaturated/α-hetero) is 1. The highest BCUT2D eigenvalue weighted by Gasteiger charge is 2.21. The smallest absolute Gasteiger partial charge is 0.184 e. The highest BCUT2D eigenvalue weighted by Crippen LogP contribution is 2.23. The van der Waals surface area contributed by atoms with Crippen molar-refractivity contribution in [1.82, 2.24) is 0 Å². The van der Waals surface area contributed by atoms with Gasteiger partial charge in [0.15, 0.2) is 5.78 Å². The van der Waals surface area contributed by atoms with Crippen LogP contribution < -0.4 is 0 Å². The summed E-state index contributed by atoms with van der Waals surface area (Å²) in [5.41, 5.74) is 2.17. The zero-order valence-corrected chi connectivity index (χ0v) is 11.2. The number of hydrogen-bond donors (Lipinski definition) is 0. The molecule has 0 aromatic heterocycles. The zero-order chi connectivity index (χ0) is 13.8. The molecule has 0 fully saturated rings. The zero-order valence-electron chi connectivity index (χ0n) is 10.4. The quantitative estimate of drug-likeness (QED) is 0.786. The number of nitriles is 1. The van der Waals surface area contributed by atoms with Gasteiger partial charge in [-0.15, -0.1) is 0 Å². The number of halogens is 1. The molecule has 0 aliphatic carbocycles. The van der Waals surface area contributed by atoms with Gasteiger partial charge in [0.1, 0.15) is 5.92 Å². The fourth-order valence-corrected chi connectivity index (χ4v) is 2.13. The van der Waals surface area contributed by atoms with Crippen molar-refractivity contribution in [3.63, 3.8) is 0 Å². The normalized spacial score (nSPS) is 11.6. The van der Waals surface area contributed by atoms with E-state index in [-0.39, 0.29) is 5.78 Å². The van der Waals surface area contributed by atoms with Crippen LogP contribution in [0.1, 0.15) is 27.4 Å². The average Bonchev–Trinajstić information content (AvgIpc) is 2.39. The molecule has 3 heteroatoms. The lowest BCUT2D eigenvalue weighted by Crippen LogP contribution is -2.11. The van der Waals surface area contributed by atoms with Gasteiger partial charge in [-0.2, -0.15) is 5.26 Å². The van der Waals surface area contributed by atoms with E-state index in [1.807, 2.05) is 19.1 Å². The first-order valence-corrected chi connectivity index (χ1v) is 6.25. The Morgan fingerprint density at radius 3 is 2.58 bits per heavy atom. The molecular formula is C16H12ClNO. The van der Waals surface area contributed by atoms with Crippen molar-refractivity contribution in [2.45, 2.75) is 12.8 Å². The summed E-state index contributed by atoms with van der Waals surface area (Å²) in [6.45, 7) is 1.91. The molecule has 0 aliphatic heterocycles. The molecule has 2 aromatic rings. The van der Waals surface area contributed by atoms with Crippen molar-refractivity contribution < 1.29 is 4.79 Å². The average molecular weight is 270 g/mol. The molecule has 0 amide bonds. The molecule has 0 saturated heterocycles. The van der Waals surface area contributed by atoms with Crippen LogP contribution >= 0.6 is 11.6 Å². The number of carbonyl (C=O) groups excluding carboxylic acids is 1. The van der Waals surface area contributed by atoms with Crippen LogP contribution in [0.5, 0.6) is 0 Å². The molecule has 1 atom stereocenters. The predicted molar refractivity (Wildman–Crippen MR) is 75.3 cm³/mol. The molecule has 2 nitrogen and oxygen atoms in total. The second-order valence-corrected chi connectivity index (χ2v) is 4.79. The summed E-state index contributed by atoms with van der Waals surface area (Å²) >= 11 is 5.90. The Morgan fingerprint density at radius 1 is 1.21 bits per heavy atom. The van der Waals surface area contributed by atoms with Gasteiger partial charge < -0.3 is 0 Å². The first-order valence-electron chi connectivity index (χ1n) is 5.88. The molecule has 2 aromatic carbocycles. The predicted octanol–water partition coefficient (Wildman–Crippen LogP) is 4.14. The molecule has 0 radical (unpaired) electrons. The van der Waals surface area contributed by atoms with Crippen LogP contribution in [0.2, 0.25) is 5.02 Å². The fourth-order valence-electron chi connectivity index (χ4n) is 1.94. The summed E-state index contributed by atoms with van der Waals surface area (Å²) in [5.74, 6) is -1.02. The van der Waals surface area contributed by atoms with Gasteiger partial charge in [0.2, 0.25) is 0 Å². The Kier molecular flexibility index (Phi) is 3.99. The van der Waals surface area contributed by atoms with Gasteiger partial charge in [-0.1, -0.05) is 47.5 Å². The van der Waals surface area contributed by atoms with E-state index in [1.165, 1.54) is 0 Å². The van der Waals surface area contributed by atoms with Crippen molar-refractivity contribution in [3.05, 3.63) is 70.2 Å². The van der Waals surface area contributed by atoms with E-state index < -0.39 is 5.92 Å². The third-order valence-electron chi connectivity index (χ3n) is 2.88. The monoisotopic (exact) mass is 269 g/mol. The minimum atomic E-state index is -0.819. The van der Waals surface area contributed by atoms with Crippen molar-refractivity contribution in [2.24, 2.45) is 0 Å². The van der Waals surface area contributed by atoms with Gasteiger partial charge in [-0.05, 0) is 30.7 Å². The Balaban J connectivity index is 2.38. The molecule has 0 bridgehead atoms. The Bertz CT molecular complexity index is 658. The molecule has 0 saturated carbocycles. The Hall–Kier alpha value is -2.11. The molecule has 0 aliphatic rings. The Morgan fingerprint density at radius 2 is 1.95 bits per heavy atom. The first-order chi connectivity index (χ1) is 9.11. The van der Waals surface area contributed by atoms with Gasteiger partial charge in [0.05, 0.1) is 6.07 Å². The van der Waals surface area contributed by atoms with E-state index in [0.29, 0.717) is 16.1 Å². The minimum absolute atomic E-state index is 0.200. The summed E-state index contributed by atoms with van der Waals surface area (Å²) in [6.07, 6.45) is 0. The van der Waals surface area contributed by atoms with E-state index in [1.54, 1.807) is 36.4 Å². The standard InChI is InChI=1S/C16H12ClNO/c1-11-4-2-6-13(8-11)16(19)15(10-18)12-5-3-7-14(17)9-12/h2-9,15H,1H3. The maximum absolute atomic E-state index is 12.4. The Labute approximate surface area is 117 Å². The van der Waals surface area contributed by atoms with E-state index in [2.05, 4.69) is 6.07 Å². The van der Waals surface area contributed by atoms with Crippen LogP contribution in [-0.2, 0) is 0 Å². The maximum atomic E-state index is 12.4. The first kappa shape index (κ1) is 13.3. The van der Waals surface area contributed by atoms with Crippen LogP contribution in [0.3, 0.4) is 0 Å². The molecule has 0 spiro atoms. The summed E-state index contributed by atoms with van der Waals surface area (Å²) in [7, 11) is 0. The fraction of sp³-hybridized carbons (Fsp3) is 0.125. The van der Waals surface area contributed by atoms with Crippen molar-refractivity contribution >= 4 is 17.4 Å². The van der Waals surface area contributed by atoms with E-state index in [0.717, 1.165) is 5.56 Å². The van der Waals surface area contributed by atoms with Crippen LogP contribution in [-0.4, -0.2) is 5.78 Å². The third kappa shape index (κ3) is 3.01. The van der Waals surface area contributed by atoms with E-state index >= 15 is 0 Å². The molecular weight excluding hydrogens is 258 g/mol. The maximum Gasteiger partial charge on any atom is 0.184 e. The summed E-state index contributed by atoms with van der Waals surface area (Å²) < 4.78 is 0. The lowest BCUT2D eigenvalue weighted by atomic mass is 9.91. The lowest BCUT2D eigenvalue weighted by molar-refractivity contribution is 0.0979. The second kappa shape index (κ2) is 5.69. The topological polar surface area (TPSA) is 40.9 Å². The van der Waals surface area contributed by atoms with Gasteiger partial charge in [0.25, 0.3) is 0 Å². The van der Waals surface area contributed by atoms with Crippen LogP contribution in [0.15, 0.2) is 48.5 Å². The highest BCUT2D eigenvalue weighted by molar-refractivity contribution is 6.30. The van der Waals surface area contributed by atoms with Crippen molar-refractivity contribution in [2.75, 3.05) is 0 Å². The second-order valence-electron chi connectivity index (χ2n) is 4.35.